The van der Waals surface area contributed by atoms with Crippen LogP contribution in [0.15, 0.2) is 59.3 Å². The van der Waals surface area contributed by atoms with E-state index in [4.69, 9.17) is 24.2 Å². The zero-order chi connectivity index (χ0) is 27.0. The van der Waals surface area contributed by atoms with Gasteiger partial charge in [0.15, 0.2) is 0 Å². The molecule has 1 aliphatic heterocycles. The summed E-state index contributed by atoms with van der Waals surface area (Å²) in [5, 5.41) is 6.37. The van der Waals surface area contributed by atoms with Gasteiger partial charge in [0.25, 0.3) is 0 Å². The Kier molecular flexibility index (Phi) is 9.60. The van der Waals surface area contributed by atoms with Crippen LogP contribution in [0.1, 0.15) is 25.2 Å². The van der Waals surface area contributed by atoms with Gasteiger partial charge in [-0.2, -0.15) is 0 Å². The fourth-order valence-corrected chi connectivity index (χ4v) is 6.29. The third kappa shape index (κ3) is 7.64. The largest absolute Gasteiger partial charge is 0.494 e. The third-order valence-electron chi connectivity index (χ3n) is 6.50. The summed E-state index contributed by atoms with van der Waals surface area (Å²) in [4.78, 5) is 14.7. The summed E-state index contributed by atoms with van der Waals surface area (Å²) in [7, 11) is 2.16. The number of thiazole rings is 2. The van der Waals surface area contributed by atoms with Gasteiger partial charge in [-0.1, -0.05) is 0 Å². The molecule has 1 aliphatic rings. The van der Waals surface area contributed by atoms with E-state index in [0.29, 0.717) is 13.2 Å². The molecule has 9 heteroatoms. The smallest absolute Gasteiger partial charge is 0.123 e. The number of ether oxygens (including phenoxy) is 3. The van der Waals surface area contributed by atoms with E-state index in [9.17, 15) is 0 Å². The van der Waals surface area contributed by atoms with Crippen LogP contribution < -0.4 is 9.47 Å². The molecule has 2 aromatic carbocycles. The van der Waals surface area contributed by atoms with Crippen molar-refractivity contribution in [3.05, 3.63) is 70.7 Å². The molecule has 0 radical (unpaired) electrons. The Morgan fingerprint density at radius 1 is 0.846 bits per heavy atom. The molecule has 0 saturated carbocycles. The maximum atomic E-state index is 6.12. The molecule has 39 heavy (non-hydrogen) atoms. The molecule has 0 unspecified atom stereocenters. The summed E-state index contributed by atoms with van der Waals surface area (Å²) in [5.74, 6) is 1.77. The zero-order valence-electron chi connectivity index (χ0n) is 22.8. The van der Waals surface area contributed by atoms with Crippen molar-refractivity contribution < 1.29 is 14.2 Å². The molecule has 5 rings (SSSR count). The highest BCUT2D eigenvalue weighted by atomic mass is 32.1. The monoisotopic (exact) mass is 564 g/mol. The highest BCUT2D eigenvalue weighted by Gasteiger charge is 2.22. The normalized spacial score (nSPS) is 16.1. The van der Waals surface area contributed by atoms with Crippen LogP contribution in [0.5, 0.6) is 11.5 Å². The molecule has 3 heterocycles. The zero-order valence-corrected chi connectivity index (χ0v) is 24.5. The first-order valence-corrected chi connectivity index (χ1v) is 15.2. The minimum absolute atomic E-state index is 0.164. The van der Waals surface area contributed by atoms with Crippen LogP contribution in [-0.4, -0.2) is 72.4 Å². The summed E-state index contributed by atoms with van der Waals surface area (Å²) >= 11 is 3.36. The third-order valence-corrected chi connectivity index (χ3v) is 8.38. The van der Waals surface area contributed by atoms with Gasteiger partial charge in [0.1, 0.15) is 21.5 Å². The van der Waals surface area contributed by atoms with Crippen LogP contribution >= 0.6 is 22.7 Å². The average molecular weight is 565 g/mol. The summed E-state index contributed by atoms with van der Waals surface area (Å²) in [6.45, 7) is 10.3. The number of benzene rings is 2. The Morgan fingerprint density at radius 3 is 1.82 bits per heavy atom. The van der Waals surface area contributed by atoms with Crippen LogP contribution in [0.4, 0.5) is 0 Å². The lowest BCUT2D eigenvalue weighted by Crippen LogP contribution is -2.45. The SMILES string of the molecule is CCOc1ccc(-c2nc(CN(Cc3csc(-c4ccc(OCC)cc4)n3)C[C@H]3CN(C)CCO3)cs2)cc1. The van der Waals surface area contributed by atoms with Crippen molar-refractivity contribution in [2.75, 3.05) is 46.5 Å². The van der Waals surface area contributed by atoms with Gasteiger partial charge in [-0.3, -0.25) is 4.90 Å². The Labute approximate surface area is 239 Å². The first-order valence-electron chi connectivity index (χ1n) is 13.5. The van der Waals surface area contributed by atoms with Gasteiger partial charge in [-0.25, -0.2) is 9.97 Å². The van der Waals surface area contributed by atoms with Crippen molar-refractivity contribution in [3.63, 3.8) is 0 Å². The first-order chi connectivity index (χ1) is 19.1. The Hall–Kier alpha value is -2.82. The summed E-state index contributed by atoms with van der Waals surface area (Å²) in [5.41, 5.74) is 4.35. The van der Waals surface area contributed by atoms with Crippen LogP contribution in [0.2, 0.25) is 0 Å². The second-order valence-electron chi connectivity index (χ2n) is 9.63. The highest BCUT2D eigenvalue weighted by Crippen LogP contribution is 2.28. The molecule has 1 saturated heterocycles. The minimum Gasteiger partial charge on any atom is -0.494 e. The maximum absolute atomic E-state index is 6.12. The maximum Gasteiger partial charge on any atom is 0.123 e. The summed E-state index contributed by atoms with van der Waals surface area (Å²) < 4.78 is 17.3. The van der Waals surface area contributed by atoms with Gasteiger partial charge < -0.3 is 19.1 Å². The van der Waals surface area contributed by atoms with Crippen molar-refractivity contribution in [3.8, 4) is 32.6 Å². The van der Waals surface area contributed by atoms with Gasteiger partial charge in [-0.05, 0) is 69.4 Å². The van der Waals surface area contributed by atoms with E-state index >= 15 is 0 Å². The van der Waals surface area contributed by atoms with Gasteiger partial charge in [0.05, 0.1) is 37.3 Å². The predicted molar refractivity (Wildman–Crippen MR) is 159 cm³/mol. The summed E-state index contributed by atoms with van der Waals surface area (Å²) in [6, 6.07) is 16.3. The quantitative estimate of drug-likeness (QED) is 0.207. The van der Waals surface area contributed by atoms with Crippen LogP contribution in [0.25, 0.3) is 21.1 Å². The van der Waals surface area contributed by atoms with Gasteiger partial charge >= 0.3 is 0 Å². The van der Waals surface area contributed by atoms with E-state index in [1.807, 2.05) is 38.1 Å². The van der Waals surface area contributed by atoms with Crippen LogP contribution in [0, 0.1) is 0 Å². The van der Waals surface area contributed by atoms with E-state index in [-0.39, 0.29) is 6.10 Å². The molecule has 0 aliphatic carbocycles. The molecular weight excluding hydrogens is 528 g/mol. The molecule has 2 aromatic heterocycles. The number of nitrogens with zero attached hydrogens (tertiary/aromatic N) is 4. The Morgan fingerprint density at radius 2 is 1.36 bits per heavy atom. The molecule has 0 N–H and O–H groups in total. The van der Waals surface area contributed by atoms with Crippen molar-refractivity contribution in [1.82, 2.24) is 19.8 Å². The fraction of sp³-hybridized carbons (Fsp3) is 0.400. The second-order valence-corrected chi connectivity index (χ2v) is 11.3. The van der Waals surface area contributed by atoms with E-state index < -0.39 is 0 Å². The van der Waals surface area contributed by atoms with E-state index in [0.717, 1.165) is 83.4 Å². The molecule has 1 fully saturated rings. The topological polar surface area (TPSA) is 60.0 Å². The lowest BCUT2D eigenvalue weighted by molar-refractivity contribution is -0.0381. The lowest BCUT2D eigenvalue weighted by atomic mass is 10.2. The van der Waals surface area contributed by atoms with E-state index in [1.165, 1.54) is 0 Å². The molecule has 206 valence electrons. The van der Waals surface area contributed by atoms with Gasteiger partial charge in [-0.15, -0.1) is 22.7 Å². The van der Waals surface area contributed by atoms with E-state index in [2.05, 4.69) is 51.9 Å². The van der Waals surface area contributed by atoms with E-state index in [1.54, 1.807) is 22.7 Å². The highest BCUT2D eigenvalue weighted by molar-refractivity contribution is 7.13. The van der Waals surface area contributed by atoms with Crippen LogP contribution in [0.3, 0.4) is 0 Å². The molecule has 0 amide bonds. The van der Waals surface area contributed by atoms with Crippen molar-refractivity contribution in [2.24, 2.45) is 0 Å². The van der Waals surface area contributed by atoms with Gasteiger partial charge in [0.2, 0.25) is 0 Å². The summed E-state index contributed by atoms with van der Waals surface area (Å²) in [6.07, 6.45) is 0.164. The molecule has 0 spiro atoms. The van der Waals surface area contributed by atoms with Gasteiger partial charge in [0, 0.05) is 54.6 Å². The number of hydrogen-bond donors (Lipinski definition) is 0. The number of morpholine rings is 1. The number of rotatable bonds is 12. The molecule has 4 aromatic rings. The second kappa shape index (κ2) is 13.5. The standard InChI is InChI=1S/C30H36N4O3S2/c1-4-35-26-10-6-22(7-11-26)29-31-24(20-38-29)16-34(19-28-18-33(3)14-15-37-28)17-25-21-39-30(32-25)23-8-12-27(13-9-23)36-5-2/h6-13,20-21,28H,4-5,14-19H2,1-3H3/t28-/m1/s1. The first kappa shape index (κ1) is 27.7. The van der Waals surface area contributed by atoms with Crippen molar-refractivity contribution >= 4 is 22.7 Å². The molecule has 7 nitrogen and oxygen atoms in total. The lowest BCUT2D eigenvalue weighted by Gasteiger charge is -2.33. The number of likely N-dealkylation sites (N-methyl/N-ethyl adjacent to an activating group) is 1. The van der Waals surface area contributed by atoms with Crippen LogP contribution in [-0.2, 0) is 17.8 Å². The van der Waals surface area contributed by atoms with Crippen molar-refractivity contribution in [2.45, 2.75) is 33.0 Å². The molecule has 0 bridgehead atoms. The molecule has 1 atom stereocenters. The minimum atomic E-state index is 0.164. The predicted octanol–water partition coefficient (Wildman–Crippen LogP) is 6.06. The average Bonchev–Trinajstić information content (AvgIpc) is 3.60. The number of aromatic nitrogens is 2. The molecular formula is C30H36N4O3S2. The van der Waals surface area contributed by atoms with Crippen molar-refractivity contribution in [1.29, 1.82) is 0 Å². The fourth-order valence-electron chi connectivity index (χ4n) is 4.65. The Bertz CT molecular complexity index is 1220. The Balaban J connectivity index is 1.29. The number of hydrogen-bond acceptors (Lipinski definition) is 9.